The van der Waals surface area contributed by atoms with Gasteiger partial charge in [-0.15, -0.1) is 0 Å². The summed E-state index contributed by atoms with van der Waals surface area (Å²) in [6, 6.07) is -0.516. The van der Waals surface area contributed by atoms with Crippen LogP contribution in [0, 0.1) is 0 Å². The Hall–Kier alpha value is -1.59. The van der Waals surface area contributed by atoms with E-state index in [-0.39, 0.29) is 12.3 Å². The van der Waals surface area contributed by atoms with Crippen molar-refractivity contribution in [3.63, 3.8) is 0 Å². The molecule has 6 heteroatoms. The number of methoxy groups -OCH3 is 1. The minimum Gasteiger partial charge on any atom is -0.467 e. The molecule has 1 aromatic heterocycles. The fourth-order valence-electron chi connectivity index (χ4n) is 0.683. The van der Waals surface area contributed by atoms with E-state index < -0.39 is 12.0 Å². The van der Waals surface area contributed by atoms with Crippen LogP contribution in [0.5, 0.6) is 0 Å². The average Bonchev–Trinajstić information content (AvgIpc) is 2.49. The van der Waals surface area contributed by atoms with Crippen molar-refractivity contribution in [3.05, 3.63) is 6.30 Å². The van der Waals surface area contributed by atoms with E-state index in [1.54, 1.807) is 6.92 Å². The Morgan fingerprint density at radius 2 is 2.75 bits per heavy atom. The Labute approximate surface area is 70.7 Å². The van der Waals surface area contributed by atoms with Crippen LogP contribution >= 0.6 is 0 Å². The topological polar surface area (TPSA) is 79.9 Å². The van der Waals surface area contributed by atoms with Gasteiger partial charge >= 0.3 is 5.97 Å². The number of rotatable bonds is 3. The zero-order valence-corrected chi connectivity index (χ0v) is 6.79. The van der Waals surface area contributed by atoms with Crippen LogP contribution in [-0.2, 0) is 9.53 Å². The molecule has 0 unspecified atom stereocenters. The molecule has 0 aliphatic rings. The molecular weight excluding hydrogens is 160 g/mol. The number of hydrogen-bond acceptors (Lipinski definition) is 5. The highest BCUT2D eigenvalue weighted by molar-refractivity contribution is 5.77. The highest BCUT2D eigenvalue weighted by Gasteiger charge is 2.12. The zero-order chi connectivity index (χ0) is 9.84. The van der Waals surface area contributed by atoms with Gasteiger partial charge < -0.3 is 10.1 Å². The van der Waals surface area contributed by atoms with Crippen molar-refractivity contribution in [3.8, 4) is 0 Å². The van der Waals surface area contributed by atoms with Crippen molar-refractivity contribution < 1.29 is 10.9 Å². The van der Waals surface area contributed by atoms with Crippen LogP contribution in [0.1, 0.15) is 8.29 Å². The second-order valence-corrected chi connectivity index (χ2v) is 2.17. The molecule has 0 bridgehead atoms. The molecule has 6 nitrogen and oxygen atoms in total. The number of anilines is 1. The van der Waals surface area contributed by atoms with Crippen LogP contribution in [0.3, 0.4) is 0 Å². The standard InChI is InChI=1S/C6H10N4O2/c1-4(5(11)12-2)9-6-7-3-8-10-6/h3-4H,1-2H3,(H2,7,8,9,10)/t4-/m0/s1/i3D. The molecule has 0 aromatic carbocycles. The molecule has 2 N–H and O–H groups in total. The van der Waals surface area contributed by atoms with E-state index in [1.165, 1.54) is 7.11 Å². The van der Waals surface area contributed by atoms with E-state index in [9.17, 15) is 4.79 Å². The van der Waals surface area contributed by atoms with Gasteiger partial charge in [0.2, 0.25) is 5.95 Å². The van der Waals surface area contributed by atoms with Gasteiger partial charge in [-0.25, -0.2) is 14.9 Å². The lowest BCUT2D eigenvalue weighted by molar-refractivity contribution is -0.141. The molecule has 1 atom stereocenters. The van der Waals surface area contributed by atoms with Gasteiger partial charge in [0.1, 0.15) is 13.7 Å². The molecule has 0 fully saturated rings. The Morgan fingerprint density at radius 1 is 2.00 bits per heavy atom. The molecule has 0 radical (unpaired) electrons. The van der Waals surface area contributed by atoms with Crippen LogP contribution in [0.15, 0.2) is 6.30 Å². The van der Waals surface area contributed by atoms with E-state index in [4.69, 9.17) is 1.37 Å². The molecule has 1 aromatic rings. The first-order valence-electron chi connectivity index (χ1n) is 3.87. The van der Waals surface area contributed by atoms with Crippen LogP contribution in [0.2, 0.25) is 0 Å². The van der Waals surface area contributed by atoms with Crippen LogP contribution in [-0.4, -0.2) is 34.3 Å². The van der Waals surface area contributed by atoms with Crippen LogP contribution < -0.4 is 5.32 Å². The minimum atomic E-state index is -0.516. The first kappa shape index (κ1) is 7.08. The SMILES string of the molecule is [2H]c1n[nH]c(N[C@@H](C)C(=O)OC)n1. The molecule has 66 valence electrons. The average molecular weight is 171 g/mol. The fourth-order valence-corrected chi connectivity index (χ4v) is 0.683. The lowest BCUT2D eigenvalue weighted by atomic mass is 10.3. The van der Waals surface area contributed by atoms with Gasteiger partial charge in [-0.05, 0) is 6.92 Å². The van der Waals surface area contributed by atoms with E-state index >= 15 is 0 Å². The Kier molecular flexibility index (Phi) is 2.18. The lowest BCUT2D eigenvalue weighted by Gasteiger charge is -2.08. The molecular formula is C6H10N4O2. The van der Waals surface area contributed by atoms with Gasteiger partial charge in [0.15, 0.2) is 0 Å². The summed E-state index contributed by atoms with van der Waals surface area (Å²) in [5.74, 6) is -0.120. The predicted octanol–water partition coefficient (Wildman–Crippen LogP) is -0.222. The van der Waals surface area contributed by atoms with Crippen molar-refractivity contribution in [1.82, 2.24) is 15.2 Å². The summed E-state index contributed by atoms with van der Waals surface area (Å²) in [6.45, 7) is 1.62. The maximum absolute atomic E-state index is 10.9. The summed E-state index contributed by atoms with van der Waals surface area (Å²) in [5, 5.41) is 8.61. The third-order valence-corrected chi connectivity index (χ3v) is 1.28. The van der Waals surface area contributed by atoms with E-state index in [2.05, 4.69) is 25.2 Å². The van der Waals surface area contributed by atoms with Gasteiger partial charge in [0.25, 0.3) is 0 Å². The number of nitrogens with one attached hydrogen (secondary N) is 2. The number of carbonyl (C=O) groups excluding carboxylic acids is 1. The number of hydrogen-bond donors (Lipinski definition) is 2. The van der Waals surface area contributed by atoms with Gasteiger partial charge in [-0.2, -0.15) is 5.10 Å². The minimum absolute atomic E-state index is 0.125. The quantitative estimate of drug-likeness (QED) is 0.614. The summed E-state index contributed by atoms with van der Waals surface area (Å²) in [7, 11) is 1.30. The molecule has 0 saturated carbocycles. The maximum atomic E-state index is 10.9. The number of nitrogens with zero attached hydrogens (tertiary/aromatic N) is 2. The van der Waals surface area contributed by atoms with Crippen LogP contribution in [0.4, 0.5) is 5.95 Å². The third kappa shape index (κ3) is 1.94. The number of aromatic nitrogens is 3. The zero-order valence-electron chi connectivity index (χ0n) is 7.79. The second kappa shape index (κ2) is 3.70. The van der Waals surface area contributed by atoms with Crippen molar-refractivity contribution in [2.75, 3.05) is 12.4 Å². The van der Waals surface area contributed by atoms with Crippen molar-refractivity contribution >= 4 is 11.9 Å². The molecule has 0 saturated heterocycles. The van der Waals surface area contributed by atoms with Gasteiger partial charge in [0.05, 0.1) is 7.11 Å². The van der Waals surface area contributed by atoms with Crippen molar-refractivity contribution in [2.45, 2.75) is 13.0 Å². The smallest absolute Gasteiger partial charge is 0.328 e. The molecule has 0 spiro atoms. The Bertz CT molecular complexity index is 301. The molecule has 1 heterocycles. The van der Waals surface area contributed by atoms with Crippen LogP contribution in [0.25, 0.3) is 0 Å². The predicted molar refractivity (Wildman–Crippen MR) is 41.5 cm³/mol. The van der Waals surface area contributed by atoms with E-state index in [0.29, 0.717) is 0 Å². The number of aromatic amines is 1. The number of H-pyrrole nitrogens is 1. The summed E-state index contributed by atoms with van der Waals surface area (Å²) in [5.41, 5.74) is 0. The summed E-state index contributed by atoms with van der Waals surface area (Å²) >= 11 is 0. The number of esters is 1. The second-order valence-electron chi connectivity index (χ2n) is 2.17. The normalized spacial score (nSPS) is 13.3. The highest BCUT2D eigenvalue weighted by atomic mass is 16.5. The molecule has 0 aliphatic carbocycles. The third-order valence-electron chi connectivity index (χ3n) is 1.28. The summed E-state index contributed by atoms with van der Waals surface area (Å²) < 4.78 is 11.5. The van der Waals surface area contributed by atoms with Gasteiger partial charge in [-0.1, -0.05) is 0 Å². The molecule has 0 aliphatic heterocycles. The van der Waals surface area contributed by atoms with Gasteiger partial charge in [0, 0.05) is 0 Å². The Balaban J connectivity index is 2.54. The molecule has 12 heavy (non-hydrogen) atoms. The van der Waals surface area contributed by atoms with Crippen molar-refractivity contribution in [2.24, 2.45) is 0 Å². The number of carbonyl (C=O) groups is 1. The van der Waals surface area contributed by atoms with Crippen molar-refractivity contribution in [1.29, 1.82) is 0 Å². The largest absolute Gasteiger partial charge is 0.467 e. The number of ether oxygens (including phenoxy) is 1. The first-order chi connectivity index (χ1) is 6.13. The molecule has 1 rings (SSSR count). The van der Waals surface area contributed by atoms with E-state index in [0.717, 1.165) is 0 Å². The summed E-state index contributed by atoms with van der Waals surface area (Å²) in [6.07, 6.45) is -0.125. The Morgan fingerprint density at radius 3 is 3.25 bits per heavy atom. The monoisotopic (exact) mass is 171 g/mol. The summed E-state index contributed by atoms with van der Waals surface area (Å²) in [4.78, 5) is 14.6. The van der Waals surface area contributed by atoms with Gasteiger partial charge in [-0.3, -0.25) is 0 Å². The fraction of sp³-hybridized carbons (Fsp3) is 0.500. The maximum Gasteiger partial charge on any atom is 0.328 e. The lowest BCUT2D eigenvalue weighted by Crippen LogP contribution is -2.27. The van der Waals surface area contributed by atoms with E-state index in [1.807, 2.05) is 0 Å². The molecule has 0 amide bonds. The first-order valence-corrected chi connectivity index (χ1v) is 3.37. The highest BCUT2D eigenvalue weighted by Crippen LogP contribution is 1.97.